The average Bonchev–Trinajstić information content (AvgIpc) is 2.72. The lowest BCUT2D eigenvalue weighted by atomic mass is 9.89. The molecule has 0 aromatic heterocycles. The van der Waals surface area contributed by atoms with Crippen molar-refractivity contribution in [3.8, 4) is 0 Å². The molecule has 2 fully saturated rings. The van der Waals surface area contributed by atoms with Gasteiger partial charge in [-0.3, -0.25) is 0 Å². The maximum atomic E-state index is 12.8. The zero-order chi connectivity index (χ0) is 15.5. The van der Waals surface area contributed by atoms with Crippen molar-refractivity contribution in [1.29, 1.82) is 0 Å². The standard InChI is InChI=1S/C16H28N2O3/c1-3-13-7-6-10-17(12-8-13)15(21)18-11-5-4-9-16(18,2)14(19)20/h13H,3-12H2,1-2H3,(H,19,20). The minimum atomic E-state index is -1.04. The zero-order valence-electron chi connectivity index (χ0n) is 13.3. The van der Waals surface area contributed by atoms with Crippen molar-refractivity contribution in [1.82, 2.24) is 9.80 Å². The molecule has 0 saturated carbocycles. The fourth-order valence-electron chi connectivity index (χ4n) is 3.59. The van der Waals surface area contributed by atoms with Crippen LogP contribution < -0.4 is 0 Å². The first-order valence-electron chi connectivity index (χ1n) is 8.29. The molecule has 2 saturated heterocycles. The molecule has 5 nitrogen and oxygen atoms in total. The number of carboxylic acid groups (broad SMARTS) is 1. The van der Waals surface area contributed by atoms with Gasteiger partial charge in [0.25, 0.3) is 0 Å². The van der Waals surface area contributed by atoms with Crippen LogP contribution in [0, 0.1) is 5.92 Å². The van der Waals surface area contributed by atoms with Gasteiger partial charge in [-0.1, -0.05) is 13.3 Å². The average molecular weight is 296 g/mol. The van der Waals surface area contributed by atoms with Crippen LogP contribution in [0.3, 0.4) is 0 Å². The number of likely N-dealkylation sites (tertiary alicyclic amines) is 2. The Morgan fingerprint density at radius 1 is 1.14 bits per heavy atom. The SMILES string of the molecule is CCC1CCCN(C(=O)N2CCCCC2(C)C(=O)O)CC1. The van der Waals surface area contributed by atoms with E-state index in [9.17, 15) is 14.7 Å². The highest BCUT2D eigenvalue weighted by Gasteiger charge is 2.45. The lowest BCUT2D eigenvalue weighted by Crippen LogP contribution is -2.60. The van der Waals surface area contributed by atoms with Crippen molar-refractivity contribution in [2.75, 3.05) is 19.6 Å². The molecule has 2 rings (SSSR count). The summed E-state index contributed by atoms with van der Waals surface area (Å²) in [6, 6.07) is -0.0728. The summed E-state index contributed by atoms with van der Waals surface area (Å²) in [5.41, 5.74) is -1.04. The molecular formula is C16H28N2O3. The molecule has 2 unspecified atom stereocenters. The molecule has 0 spiro atoms. The molecule has 120 valence electrons. The first-order chi connectivity index (χ1) is 9.99. The first kappa shape index (κ1) is 16.1. The third-order valence-corrected chi connectivity index (χ3v) is 5.28. The van der Waals surface area contributed by atoms with Gasteiger partial charge in [0.15, 0.2) is 0 Å². The third kappa shape index (κ3) is 3.33. The summed E-state index contributed by atoms with van der Waals surface area (Å²) in [5, 5.41) is 9.54. The molecule has 2 amide bonds. The third-order valence-electron chi connectivity index (χ3n) is 5.28. The maximum Gasteiger partial charge on any atom is 0.329 e. The van der Waals surface area contributed by atoms with E-state index in [-0.39, 0.29) is 6.03 Å². The number of hydrogen-bond donors (Lipinski definition) is 1. The van der Waals surface area contributed by atoms with E-state index in [1.54, 1.807) is 11.8 Å². The smallest absolute Gasteiger partial charge is 0.329 e. The number of hydrogen-bond acceptors (Lipinski definition) is 2. The van der Waals surface area contributed by atoms with Crippen LogP contribution >= 0.6 is 0 Å². The number of carboxylic acids is 1. The molecule has 0 aromatic rings. The van der Waals surface area contributed by atoms with Crippen molar-refractivity contribution < 1.29 is 14.7 Å². The quantitative estimate of drug-likeness (QED) is 0.852. The maximum absolute atomic E-state index is 12.8. The van der Waals surface area contributed by atoms with Gasteiger partial charge >= 0.3 is 12.0 Å². The molecule has 2 aliphatic rings. The molecule has 0 aromatic carbocycles. The summed E-state index contributed by atoms with van der Waals surface area (Å²) in [5.74, 6) is -0.174. The van der Waals surface area contributed by atoms with E-state index in [1.165, 1.54) is 12.8 Å². The summed E-state index contributed by atoms with van der Waals surface area (Å²) in [4.78, 5) is 27.9. The normalized spacial score (nSPS) is 30.9. The fourth-order valence-corrected chi connectivity index (χ4v) is 3.59. The Hall–Kier alpha value is -1.26. The first-order valence-corrected chi connectivity index (χ1v) is 8.29. The van der Waals surface area contributed by atoms with Gasteiger partial charge in [0, 0.05) is 19.6 Å². The van der Waals surface area contributed by atoms with Gasteiger partial charge in [-0.25, -0.2) is 9.59 Å². The topological polar surface area (TPSA) is 60.9 Å². The van der Waals surface area contributed by atoms with Gasteiger partial charge in [0.2, 0.25) is 0 Å². The number of aliphatic carboxylic acids is 1. The van der Waals surface area contributed by atoms with Gasteiger partial charge in [-0.15, -0.1) is 0 Å². The predicted octanol–water partition coefficient (Wildman–Crippen LogP) is 2.95. The Morgan fingerprint density at radius 3 is 2.57 bits per heavy atom. The second kappa shape index (κ2) is 6.67. The van der Waals surface area contributed by atoms with E-state index >= 15 is 0 Å². The van der Waals surface area contributed by atoms with Crippen LogP contribution in [0.1, 0.15) is 58.8 Å². The highest BCUT2D eigenvalue weighted by molar-refractivity contribution is 5.86. The Labute approximate surface area is 127 Å². The van der Waals surface area contributed by atoms with Crippen LogP contribution in [-0.2, 0) is 4.79 Å². The number of rotatable bonds is 2. The monoisotopic (exact) mass is 296 g/mol. The minimum absolute atomic E-state index is 0.0728. The van der Waals surface area contributed by atoms with E-state index in [0.29, 0.717) is 18.9 Å². The van der Waals surface area contributed by atoms with Crippen LogP contribution in [0.4, 0.5) is 4.79 Å². The summed E-state index contributed by atoms with van der Waals surface area (Å²) < 4.78 is 0. The fraction of sp³-hybridized carbons (Fsp3) is 0.875. The van der Waals surface area contributed by atoms with Crippen molar-refractivity contribution in [3.05, 3.63) is 0 Å². The summed E-state index contributed by atoms with van der Waals surface area (Å²) in [7, 11) is 0. The van der Waals surface area contributed by atoms with E-state index in [1.807, 2.05) is 4.90 Å². The highest BCUT2D eigenvalue weighted by atomic mass is 16.4. The molecule has 5 heteroatoms. The summed E-state index contributed by atoms with van der Waals surface area (Å²) in [6.07, 6.45) is 6.75. The number of amides is 2. The molecule has 0 aliphatic carbocycles. The molecule has 2 atom stereocenters. The van der Waals surface area contributed by atoms with Crippen molar-refractivity contribution in [2.24, 2.45) is 5.92 Å². The van der Waals surface area contributed by atoms with Crippen molar-refractivity contribution >= 4 is 12.0 Å². The van der Waals surface area contributed by atoms with Crippen LogP contribution in [0.5, 0.6) is 0 Å². The van der Waals surface area contributed by atoms with Gasteiger partial charge < -0.3 is 14.9 Å². The minimum Gasteiger partial charge on any atom is -0.480 e. The number of urea groups is 1. The highest BCUT2D eigenvalue weighted by Crippen LogP contribution is 2.30. The second-order valence-corrected chi connectivity index (χ2v) is 6.66. The Kier molecular flexibility index (Phi) is 5.12. The summed E-state index contributed by atoms with van der Waals surface area (Å²) in [6.45, 7) is 5.99. The molecule has 0 radical (unpaired) electrons. The Bertz CT molecular complexity index is 399. The number of nitrogens with zero attached hydrogens (tertiary/aromatic N) is 2. The lowest BCUT2D eigenvalue weighted by molar-refractivity contribution is -0.150. The summed E-state index contributed by atoms with van der Waals surface area (Å²) >= 11 is 0. The largest absolute Gasteiger partial charge is 0.480 e. The Balaban J connectivity index is 2.08. The molecule has 0 bridgehead atoms. The van der Waals surface area contributed by atoms with Crippen molar-refractivity contribution in [2.45, 2.75) is 64.3 Å². The van der Waals surface area contributed by atoms with Gasteiger partial charge in [-0.05, 0) is 51.4 Å². The van der Waals surface area contributed by atoms with Crippen LogP contribution in [0.15, 0.2) is 0 Å². The number of piperidine rings is 1. The van der Waals surface area contributed by atoms with E-state index in [0.717, 1.165) is 38.8 Å². The molecular weight excluding hydrogens is 268 g/mol. The van der Waals surface area contributed by atoms with Crippen LogP contribution in [-0.4, -0.2) is 52.1 Å². The van der Waals surface area contributed by atoms with Crippen molar-refractivity contribution in [3.63, 3.8) is 0 Å². The molecule has 1 N–H and O–H groups in total. The zero-order valence-corrected chi connectivity index (χ0v) is 13.3. The van der Waals surface area contributed by atoms with Gasteiger partial charge in [-0.2, -0.15) is 0 Å². The molecule has 2 heterocycles. The second-order valence-electron chi connectivity index (χ2n) is 6.66. The Morgan fingerprint density at radius 2 is 1.90 bits per heavy atom. The van der Waals surface area contributed by atoms with Crippen LogP contribution in [0.25, 0.3) is 0 Å². The predicted molar refractivity (Wildman–Crippen MR) is 81.2 cm³/mol. The lowest BCUT2D eigenvalue weighted by Gasteiger charge is -2.43. The number of carbonyl (C=O) groups excluding carboxylic acids is 1. The van der Waals surface area contributed by atoms with E-state index in [4.69, 9.17) is 0 Å². The van der Waals surface area contributed by atoms with Crippen LogP contribution in [0.2, 0.25) is 0 Å². The van der Waals surface area contributed by atoms with Gasteiger partial charge in [0.1, 0.15) is 5.54 Å². The molecule has 21 heavy (non-hydrogen) atoms. The molecule has 2 aliphatic heterocycles. The van der Waals surface area contributed by atoms with Gasteiger partial charge in [0.05, 0.1) is 0 Å². The van der Waals surface area contributed by atoms with E-state index < -0.39 is 11.5 Å². The number of carbonyl (C=O) groups is 2. The van der Waals surface area contributed by atoms with E-state index in [2.05, 4.69) is 6.92 Å².